The van der Waals surface area contributed by atoms with Gasteiger partial charge in [-0.15, -0.1) is 0 Å². The van der Waals surface area contributed by atoms with E-state index >= 15 is 0 Å². The molecular weight excluding hydrogens is 534 g/mol. The molecule has 0 amide bonds. The van der Waals surface area contributed by atoms with Gasteiger partial charge in [-0.2, -0.15) is 0 Å². The lowest BCUT2D eigenvalue weighted by Crippen LogP contribution is -2.50. The van der Waals surface area contributed by atoms with E-state index in [9.17, 15) is 18.4 Å². The van der Waals surface area contributed by atoms with Crippen LogP contribution >= 0.6 is 0 Å². The smallest absolute Gasteiger partial charge is 0.303 e. The molecule has 0 spiro atoms. The third kappa shape index (κ3) is 5.15. The van der Waals surface area contributed by atoms with Crippen molar-refractivity contribution in [3.8, 4) is 5.69 Å². The molecule has 0 bridgehead atoms. The van der Waals surface area contributed by atoms with Gasteiger partial charge in [0.1, 0.15) is 23.0 Å². The Kier molecular flexibility index (Phi) is 6.72. The van der Waals surface area contributed by atoms with Crippen LogP contribution in [0.4, 0.5) is 8.78 Å². The molecule has 0 fully saturated rings. The Morgan fingerprint density at radius 1 is 1.12 bits per heavy atom. The van der Waals surface area contributed by atoms with Crippen LogP contribution in [0.3, 0.4) is 0 Å². The third-order valence-corrected chi connectivity index (χ3v) is 7.39. The number of aromatic nitrogens is 3. The number of halogens is 2. The van der Waals surface area contributed by atoms with Gasteiger partial charge in [-0.05, 0) is 68.7 Å². The number of fused-ring (bicyclic) bond motifs is 2. The van der Waals surface area contributed by atoms with Gasteiger partial charge in [-0.1, -0.05) is 11.2 Å². The molecule has 2 aromatic heterocycles. The maximum Gasteiger partial charge on any atom is 0.303 e. The molecule has 2 atom stereocenters. The van der Waals surface area contributed by atoms with E-state index in [0.29, 0.717) is 71.2 Å². The highest BCUT2D eigenvalue weighted by molar-refractivity contribution is 5.93. The first-order valence-electron chi connectivity index (χ1n) is 13.3. The number of rotatable bonds is 8. The molecule has 9 nitrogen and oxygen atoms in total. The maximum atomic E-state index is 13.7. The minimum atomic E-state index is -0.979. The molecule has 3 heterocycles. The van der Waals surface area contributed by atoms with Crippen LogP contribution in [0.25, 0.3) is 28.9 Å². The number of unbranched alkanes of at least 4 members (excludes halogenated alkanes) is 1. The van der Waals surface area contributed by atoms with Crippen molar-refractivity contribution in [1.29, 1.82) is 0 Å². The van der Waals surface area contributed by atoms with Crippen molar-refractivity contribution < 1.29 is 27.9 Å². The summed E-state index contributed by atoms with van der Waals surface area (Å²) < 4.78 is 34.5. The number of benzene rings is 2. The van der Waals surface area contributed by atoms with Crippen LogP contribution in [0.1, 0.15) is 50.7 Å². The van der Waals surface area contributed by atoms with Gasteiger partial charge >= 0.3 is 5.97 Å². The summed E-state index contributed by atoms with van der Waals surface area (Å²) in [5, 5.41) is 14.3. The standard InChI is InChI=1S/C30H26F2N4O5/c1-30(29-34-22-13-9-19(32)15-25(22)40-29)16-24(35-41-30)17-6-12-21-23(14-17)33-26(4-2-3-5-27(37)38)36(28(21)39)20-10-7-18(31)8-11-20/h7-15,17H,2-6,16H2,1H3,(H,37,38). The number of aryl methyl sites for hydroxylation is 1. The normalized spacial score (nSPS) is 19.7. The fourth-order valence-electron chi connectivity index (χ4n) is 5.24. The zero-order valence-electron chi connectivity index (χ0n) is 22.1. The van der Waals surface area contributed by atoms with Crippen molar-refractivity contribution in [2.75, 3.05) is 0 Å². The summed E-state index contributed by atoms with van der Waals surface area (Å²) >= 11 is 0. The average Bonchev–Trinajstić information content (AvgIpc) is 3.56. The zero-order chi connectivity index (χ0) is 28.7. The molecule has 0 radical (unpaired) electrons. The van der Waals surface area contributed by atoms with Gasteiger partial charge in [0.2, 0.25) is 11.5 Å². The summed E-state index contributed by atoms with van der Waals surface area (Å²) in [6.07, 6.45) is 5.90. The van der Waals surface area contributed by atoms with Gasteiger partial charge in [0.25, 0.3) is 5.56 Å². The molecule has 1 aliphatic carbocycles. The van der Waals surface area contributed by atoms with E-state index in [0.717, 1.165) is 5.71 Å². The quantitative estimate of drug-likeness (QED) is 0.326. The molecule has 6 rings (SSSR count). The van der Waals surface area contributed by atoms with Gasteiger partial charge in [0, 0.05) is 31.2 Å². The highest BCUT2D eigenvalue weighted by Gasteiger charge is 2.42. The minimum Gasteiger partial charge on any atom is -0.481 e. The first-order valence-corrected chi connectivity index (χ1v) is 13.3. The molecule has 41 heavy (non-hydrogen) atoms. The molecule has 0 saturated heterocycles. The van der Waals surface area contributed by atoms with Gasteiger partial charge < -0.3 is 14.4 Å². The topological polar surface area (TPSA) is 120 Å². The van der Waals surface area contributed by atoms with Crippen molar-refractivity contribution in [1.82, 2.24) is 14.5 Å². The molecule has 1 N–H and O–H groups in total. The van der Waals surface area contributed by atoms with Crippen LogP contribution in [-0.2, 0) is 21.7 Å². The van der Waals surface area contributed by atoms with E-state index < -0.39 is 23.2 Å². The summed E-state index contributed by atoms with van der Waals surface area (Å²) in [5.74, 6) is -1.17. The van der Waals surface area contributed by atoms with E-state index in [2.05, 4.69) is 10.1 Å². The number of carboxylic acid groups (broad SMARTS) is 1. The summed E-state index contributed by atoms with van der Waals surface area (Å²) in [6.45, 7) is 1.81. The van der Waals surface area contributed by atoms with E-state index in [1.165, 1.54) is 41.0 Å². The molecule has 2 aliphatic rings. The first-order chi connectivity index (χ1) is 19.7. The van der Waals surface area contributed by atoms with Crippen molar-refractivity contribution in [2.24, 2.45) is 11.1 Å². The lowest BCUT2D eigenvalue weighted by atomic mass is 9.88. The van der Waals surface area contributed by atoms with Crippen molar-refractivity contribution in [2.45, 2.75) is 51.0 Å². The number of nitrogens with zero attached hydrogens (tertiary/aromatic N) is 4. The zero-order valence-corrected chi connectivity index (χ0v) is 22.1. The van der Waals surface area contributed by atoms with E-state index in [-0.39, 0.29) is 17.9 Å². The Hall–Kier alpha value is -4.67. The molecule has 0 saturated carbocycles. The van der Waals surface area contributed by atoms with Crippen LogP contribution in [0, 0.1) is 17.6 Å². The minimum absolute atomic E-state index is 0.0152. The van der Waals surface area contributed by atoms with Crippen molar-refractivity contribution in [3.63, 3.8) is 0 Å². The van der Waals surface area contributed by atoms with Gasteiger partial charge in [-0.3, -0.25) is 14.2 Å². The Morgan fingerprint density at radius 3 is 2.68 bits per heavy atom. The lowest BCUT2D eigenvalue weighted by molar-refractivity contribution is -0.137. The van der Waals surface area contributed by atoms with Crippen LogP contribution < -0.4 is 16.1 Å². The second-order valence-electron chi connectivity index (χ2n) is 10.5. The number of hydrogen-bond acceptors (Lipinski definition) is 7. The number of hydrogen-bond donors (Lipinski definition) is 1. The summed E-state index contributed by atoms with van der Waals surface area (Å²) in [6, 6.07) is 9.74. The summed E-state index contributed by atoms with van der Waals surface area (Å²) in [7, 11) is 0. The fraction of sp³-hybridized carbons (Fsp3) is 0.300. The number of oxazole rings is 1. The monoisotopic (exact) mass is 560 g/mol. The third-order valence-electron chi connectivity index (χ3n) is 7.39. The molecule has 2 unspecified atom stereocenters. The Bertz CT molecular complexity index is 1880. The Labute approximate surface area is 232 Å². The number of carboxylic acids is 1. The van der Waals surface area contributed by atoms with E-state index in [1.54, 1.807) is 13.0 Å². The number of carbonyl (C=O) groups is 1. The Balaban J connectivity index is 1.32. The fourth-order valence-corrected chi connectivity index (χ4v) is 5.24. The SMILES string of the molecule is CC1(c2nc3ccc(F)cc3o2)CC(C2C=c3nc(CCCCC(=O)O)n(-c4ccc(F)cc4)c(=O)c3=CC2)=NO1. The number of aliphatic carboxylic acids is 1. The lowest BCUT2D eigenvalue weighted by Gasteiger charge is -2.19. The van der Waals surface area contributed by atoms with E-state index in [4.69, 9.17) is 19.3 Å². The van der Waals surface area contributed by atoms with Gasteiger partial charge in [0.05, 0.1) is 22.0 Å². The second-order valence-corrected chi connectivity index (χ2v) is 10.5. The first kappa shape index (κ1) is 26.5. The highest BCUT2D eigenvalue weighted by Crippen LogP contribution is 2.38. The predicted octanol–water partition coefficient (Wildman–Crippen LogP) is 3.72. The molecular formula is C30H26F2N4O5. The molecule has 2 aromatic carbocycles. The van der Waals surface area contributed by atoms with Gasteiger partial charge in [-0.25, -0.2) is 18.7 Å². The largest absolute Gasteiger partial charge is 0.481 e. The summed E-state index contributed by atoms with van der Waals surface area (Å²) in [4.78, 5) is 39.7. The number of oxime groups is 1. The van der Waals surface area contributed by atoms with Crippen molar-refractivity contribution >= 4 is 34.9 Å². The predicted molar refractivity (Wildman–Crippen MR) is 146 cm³/mol. The Morgan fingerprint density at radius 2 is 1.90 bits per heavy atom. The molecule has 210 valence electrons. The van der Waals surface area contributed by atoms with Crippen molar-refractivity contribution in [3.05, 3.63) is 86.7 Å². The molecule has 4 aromatic rings. The maximum absolute atomic E-state index is 13.7. The van der Waals surface area contributed by atoms with E-state index in [1.807, 2.05) is 12.2 Å². The van der Waals surface area contributed by atoms with Gasteiger partial charge in [0.15, 0.2) is 5.58 Å². The highest BCUT2D eigenvalue weighted by atomic mass is 19.1. The molecule has 1 aliphatic heterocycles. The van der Waals surface area contributed by atoms with Crippen LogP contribution in [0.15, 0.2) is 56.8 Å². The van der Waals surface area contributed by atoms with Crippen LogP contribution in [0.2, 0.25) is 0 Å². The summed E-state index contributed by atoms with van der Waals surface area (Å²) in [5.41, 5.74) is 0.797. The second kappa shape index (κ2) is 10.4. The molecule has 11 heteroatoms. The van der Waals surface area contributed by atoms with Crippen LogP contribution in [0.5, 0.6) is 0 Å². The van der Waals surface area contributed by atoms with Crippen LogP contribution in [-0.4, -0.2) is 31.3 Å². The average molecular weight is 561 g/mol.